The molecule has 0 aliphatic heterocycles. The van der Waals surface area contributed by atoms with Crippen LogP contribution in [-0.4, -0.2) is 28.8 Å². The van der Waals surface area contributed by atoms with Gasteiger partial charge in [-0.2, -0.15) is 0 Å². The van der Waals surface area contributed by atoms with Gasteiger partial charge < -0.3 is 10.4 Å². The summed E-state index contributed by atoms with van der Waals surface area (Å²) in [6, 6.07) is 9.31. The molecule has 0 aliphatic carbocycles. The van der Waals surface area contributed by atoms with E-state index < -0.39 is 0 Å². The van der Waals surface area contributed by atoms with Gasteiger partial charge in [0.25, 0.3) is 0 Å². The van der Waals surface area contributed by atoms with Crippen molar-refractivity contribution in [3.8, 4) is 16.9 Å². The van der Waals surface area contributed by atoms with E-state index >= 15 is 0 Å². The molecule has 0 saturated carbocycles. The van der Waals surface area contributed by atoms with Gasteiger partial charge in [-0.1, -0.05) is 29.8 Å². The first-order valence-electron chi connectivity index (χ1n) is 7.01. The Labute approximate surface area is 129 Å². The van der Waals surface area contributed by atoms with Crippen LogP contribution in [0.5, 0.6) is 5.75 Å². The highest BCUT2D eigenvalue weighted by molar-refractivity contribution is 5.98. The van der Waals surface area contributed by atoms with Crippen LogP contribution in [0.25, 0.3) is 11.1 Å². The van der Waals surface area contributed by atoms with Gasteiger partial charge in [-0.15, -0.1) is 0 Å². The van der Waals surface area contributed by atoms with E-state index in [1.807, 2.05) is 31.2 Å². The first kappa shape index (κ1) is 15.7. The molecule has 1 amide bonds. The molecule has 22 heavy (non-hydrogen) atoms. The number of ketones is 1. The largest absolute Gasteiger partial charge is 0.506 e. The summed E-state index contributed by atoms with van der Waals surface area (Å²) in [6.07, 6.45) is 1.65. The number of aryl methyl sites for hydroxylation is 1. The van der Waals surface area contributed by atoms with E-state index in [9.17, 15) is 14.7 Å². The van der Waals surface area contributed by atoms with Crippen molar-refractivity contribution in [3.63, 3.8) is 0 Å². The van der Waals surface area contributed by atoms with Crippen molar-refractivity contribution in [1.82, 2.24) is 10.3 Å². The van der Waals surface area contributed by atoms with Crippen LogP contribution in [0, 0.1) is 6.92 Å². The fraction of sp³-hybridized carbons (Fsp3) is 0.235. The van der Waals surface area contributed by atoms with Crippen LogP contribution >= 0.6 is 0 Å². The summed E-state index contributed by atoms with van der Waals surface area (Å²) in [7, 11) is 1.51. The molecule has 0 bridgehead atoms. The SMILES string of the molecule is CNC(=O)CCC(=O)c1ncc(-c2ccc(C)cc2)cc1O. The van der Waals surface area contributed by atoms with Crippen molar-refractivity contribution < 1.29 is 14.7 Å². The van der Waals surface area contributed by atoms with E-state index in [2.05, 4.69) is 10.3 Å². The second-order valence-electron chi connectivity index (χ2n) is 5.05. The summed E-state index contributed by atoms with van der Waals surface area (Å²) in [4.78, 5) is 27.2. The average Bonchev–Trinajstić information content (AvgIpc) is 2.52. The Kier molecular flexibility index (Phi) is 4.88. The third-order valence-corrected chi connectivity index (χ3v) is 3.37. The van der Waals surface area contributed by atoms with E-state index in [1.54, 1.807) is 6.20 Å². The minimum Gasteiger partial charge on any atom is -0.506 e. The Bertz CT molecular complexity index is 694. The summed E-state index contributed by atoms with van der Waals surface area (Å²) in [6.45, 7) is 1.99. The van der Waals surface area contributed by atoms with Gasteiger partial charge in [0, 0.05) is 31.6 Å². The topological polar surface area (TPSA) is 79.3 Å². The lowest BCUT2D eigenvalue weighted by molar-refractivity contribution is -0.120. The van der Waals surface area contributed by atoms with Gasteiger partial charge in [-0.25, -0.2) is 4.98 Å². The molecule has 0 saturated heterocycles. The van der Waals surface area contributed by atoms with Gasteiger partial charge in [-0.05, 0) is 18.6 Å². The third kappa shape index (κ3) is 3.69. The van der Waals surface area contributed by atoms with Crippen molar-refractivity contribution in [3.05, 3.63) is 47.8 Å². The maximum absolute atomic E-state index is 12.0. The Hall–Kier alpha value is -2.69. The zero-order valence-corrected chi connectivity index (χ0v) is 12.6. The number of hydrogen-bond acceptors (Lipinski definition) is 4. The van der Waals surface area contributed by atoms with Crippen LogP contribution in [-0.2, 0) is 4.79 Å². The fourth-order valence-electron chi connectivity index (χ4n) is 2.04. The fourth-order valence-corrected chi connectivity index (χ4v) is 2.04. The lowest BCUT2D eigenvalue weighted by Gasteiger charge is -2.06. The standard InChI is InChI=1S/C17H18N2O3/c1-11-3-5-12(6-4-11)13-9-15(21)17(19-10-13)14(20)7-8-16(22)18-2/h3-6,9-10,21H,7-8H2,1-2H3,(H,18,22). The first-order chi connectivity index (χ1) is 10.5. The van der Waals surface area contributed by atoms with Gasteiger partial charge >= 0.3 is 0 Å². The smallest absolute Gasteiger partial charge is 0.220 e. The van der Waals surface area contributed by atoms with Crippen LogP contribution in [0.3, 0.4) is 0 Å². The highest BCUT2D eigenvalue weighted by Gasteiger charge is 2.15. The van der Waals surface area contributed by atoms with E-state index in [4.69, 9.17) is 0 Å². The van der Waals surface area contributed by atoms with E-state index in [-0.39, 0.29) is 36.0 Å². The number of rotatable bonds is 5. The zero-order valence-electron chi connectivity index (χ0n) is 12.6. The number of carbonyl (C=O) groups is 2. The summed E-state index contributed by atoms with van der Waals surface area (Å²) in [5, 5.41) is 12.5. The van der Waals surface area contributed by atoms with E-state index in [0.29, 0.717) is 0 Å². The molecular weight excluding hydrogens is 280 g/mol. The first-order valence-corrected chi connectivity index (χ1v) is 7.01. The van der Waals surface area contributed by atoms with Crippen molar-refractivity contribution >= 4 is 11.7 Å². The summed E-state index contributed by atoms with van der Waals surface area (Å²) in [5.41, 5.74) is 2.79. The molecule has 0 unspecified atom stereocenters. The van der Waals surface area contributed by atoms with Crippen molar-refractivity contribution in [2.45, 2.75) is 19.8 Å². The van der Waals surface area contributed by atoms with Crippen LogP contribution in [0.15, 0.2) is 36.5 Å². The normalized spacial score (nSPS) is 10.3. The van der Waals surface area contributed by atoms with Crippen molar-refractivity contribution in [2.75, 3.05) is 7.05 Å². The van der Waals surface area contributed by atoms with E-state index in [0.717, 1.165) is 16.7 Å². The number of pyridine rings is 1. The summed E-state index contributed by atoms with van der Waals surface area (Å²) in [5.74, 6) is -0.736. The molecule has 1 aromatic heterocycles. The summed E-state index contributed by atoms with van der Waals surface area (Å²) >= 11 is 0. The molecule has 0 atom stereocenters. The molecule has 114 valence electrons. The Morgan fingerprint density at radius 1 is 1.14 bits per heavy atom. The van der Waals surface area contributed by atoms with Gasteiger partial charge in [0.2, 0.25) is 5.91 Å². The molecule has 0 radical (unpaired) electrons. The van der Waals surface area contributed by atoms with Gasteiger partial charge in [-0.3, -0.25) is 9.59 Å². The monoisotopic (exact) mass is 298 g/mol. The minimum atomic E-state index is -0.350. The van der Waals surface area contributed by atoms with E-state index in [1.165, 1.54) is 13.1 Å². The average molecular weight is 298 g/mol. The molecule has 2 N–H and O–H groups in total. The van der Waals surface area contributed by atoms with Crippen molar-refractivity contribution in [1.29, 1.82) is 0 Å². The second-order valence-corrected chi connectivity index (χ2v) is 5.05. The van der Waals surface area contributed by atoms with Gasteiger partial charge in [0.05, 0.1) is 0 Å². The van der Waals surface area contributed by atoms with Gasteiger partial charge in [0.15, 0.2) is 5.78 Å². The summed E-state index contributed by atoms with van der Waals surface area (Å²) < 4.78 is 0. The van der Waals surface area contributed by atoms with Crippen molar-refractivity contribution in [2.24, 2.45) is 0 Å². The van der Waals surface area contributed by atoms with Crippen LogP contribution in [0.1, 0.15) is 28.9 Å². The third-order valence-electron chi connectivity index (χ3n) is 3.37. The number of nitrogens with zero attached hydrogens (tertiary/aromatic N) is 1. The number of nitrogens with one attached hydrogen (secondary N) is 1. The number of aromatic hydroxyl groups is 1. The zero-order chi connectivity index (χ0) is 16.1. The Morgan fingerprint density at radius 3 is 2.41 bits per heavy atom. The maximum Gasteiger partial charge on any atom is 0.220 e. The molecule has 1 heterocycles. The van der Waals surface area contributed by atoms with Crippen LogP contribution in [0.2, 0.25) is 0 Å². The molecule has 5 heteroatoms. The number of carbonyl (C=O) groups excluding carboxylic acids is 2. The number of benzene rings is 1. The molecule has 0 fully saturated rings. The molecule has 2 rings (SSSR count). The molecule has 0 spiro atoms. The molecule has 1 aromatic carbocycles. The van der Waals surface area contributed by atoms with Crippen LogP contribution < -0.4 is 5.32 Å². The Balaban J connectivity index is 2.17. The molecule has 5 nitrogen and oxygen atoms in total. The minimum absolute atomic E-state index is 0.000218. The molecule has 0 aliphatic rings. The maximum atomic E-state index is 12.0. The lowest BCUT2D eigenvalue weighted by Crippen LogP contribution is -2.18. The predicted molar refractivity (Wildman–Crippen MR) is 83.7 cm³/mol. The highest BCUT2D eigenvalue weighted by Crippen LogP contribution is 2.25. The highest BCUT2D eigenvalue weighted by atomic mass is 16.3. The number of amides is 1. The quantitative estimate of drug-likeness (QED) is 0.831. The number of aromatic nitrogens is 1. The number of Topliss-reactive ketones (excluding diaryl/α,β-unsaturated/α-hetero) is 1. The molecular formula is C17H18N2O3. The number of hydrogen-bond donors (Lipinski definition) is 2. The van der Waals surface area contributed by atoms with Crippen LogP contribution in [0.4, 0.5) is 0 Å². The second kappa shape index (κ2) is 6.85. The Morgan fingerprint density at radius 2 is 1.82 bits per heavy atom. The molecule has 2 aromatic rings. The lowest BCUT2D eigenvalue weighted by atomic mass is 10.0. The van der Waals surface area contributed by atoms with Gasteiger partial charge in [0.1, 0.15) is 11.4 Å². The predicted octanol–water partition coefficient (Wildman–Crippen LogP) is 2.47.